The van der Waals surface area contributed by atoms with Gasteiger partial charge in [-0.15, -0.1) is 0 Å². The van der Waals surface area contributed by atoms with Gasteiger partial charge in [-0.2, -0.15) is 0 Å². The highest BCUT2D eigenvalue weighted by Gasteiger charge is 2.25. The lowest BCUT2D eigenvalue weighted by Crippen LogP contribution is -2.48. The number of benzene rings is 1. The zero-order valence-electron chi connectivity index (χ0n) is 11.5. The maximum atomic E-state index is 11.2. The van der Waals surface area contributed by atoms with Crippen molar-refractivity contribution in [3.05, 3.63) is 34.9 Å². The molecule has 5 heteroatoms. The van der Waals surface area contributed by atoms with Crippen molar-refractivity contribution in [2.75, 3.05) is 26.3 Å². The number of nitrogens with two attached hydrogens (primary N) is 1. The van der Waals surface area contributed by atoms with E-state index in [9.17, 15) is 4.79 Å². The number of morpholine rings is 1. The third-order valence-electron chi connectivity index (χ3n) is 3.99. The topological polar surface area (TPSA) is 64.8 Å². The van der Waals surface area contributed by atoms with Crippen molar-refractivity contribution >= 4 is 5.91 Å². The summed E-state index contributed by atoms with van der Waals surface area (Å²) in [6.07, 6.45) is 0.487. The number of carbonyl (C=O) groups excluding carboxylic acids is 1. The van der Waals surface area contributed by atoms with Crippen LogP contribution in [0.1, 0.15) is 16.7 Å². The normalized spacial score (nSPS) is 23.3. The molecule has 0 aliphatic carbocycles. The third-order valence-corrected chi connectivity index (χ3v) is 3.99. The monoisotopic (exact) mass is 276 g/mol. The van der Waals surface area contributed by atoms with Gasteiger partial charge in [0.15, 0.2) is 0 Å². The molecule has 0 bridgehead atoms. The highest BCUT2D eigenvalue weighted by molar-refractivity contribution is 5.79. The summed E-state index contributed by atoms with van der Waals surface area (Å²) < 4.78 is 10.9. The molecule has 0 spiro atoms. The zero-order chi connectivity index (χ0) is 13.9. The van der Waals surface area contributed by atoms with E-state index in [-0.39, 0.29) is 5.91 Å². The maximum absolute atomic E-state index is 11.2. The highest BCUT2D eigenvalue weighted by atomic mass is 16.5. The molecule has 0 saturated carbocycles. The number of amides is 1. The summed E-state index contributed by atoms with van der Waals surface area (Å²) >= 11 is 0. The second kappa shape index (κ2) is 5.91. The van der Waals surface area contributed by atoms with Gasteiger partial charge in [0.2, 0.25) is 5.91 Å². The van der Waals surface area contributed by atoms with Crippen LogP contribution in [0.5, 0.6) is 0 Å². The number of primary amides is 1. The maximum Gasteiger partial charge on any atom is 0.247 e. The molecular formula is C15H20N2O3. The molecule has 3 rings (SSSR count). The van der Waals surface area contributed by atoms with Crippen molar-refractivity contribution in [2.45, 2.75) is 25.7 Å². The molecule has 1 fully saturated rings. The van der Waals surface area contributed by atoms with Gasteiger partial charge in [-0.1, -0.05) is 18.2 Å². The fourth-order valence-corrected chi connectivity index (χ4v) is 2.91. The van der Waals surface area contributed by atoms with E-state index in [2.05, 4.69) is 23.1 Å². The van der Waals surface area contributed by atoms with Crippen molar-refractivity contribution in [3.63, 3.8) is 0 Å². The van der Waals surface area contributed by atoms with E-state index in [0.29, 0.717) is 19.8 Å². The molecule has 2 N–H and O–H groups in total. The molecule has 1 atom stereocenters. The standard InChI is InChI=1S/C15H20N2O3/c16-15(18)14-9-17(5-7-20-14)8-11-2-1-3-12-10-19-6-4-13(11)12/h1-3,14H,4-10H2,(H2,16,18). The van der Waals surface area contributed by atoms with E-state index in [1.54, 1.807) is 0 Å². The van der Waals surface area contributed by atoms with Gasteiger partial charge in [-0.25, -0.2) is 0 Å². The summed E-state index contributed by atoms with van der Waals surface area (Å²) in [4.78, 5) is 13.5. The molecule has 0 radical (unpaired) electrons. The minimum absolute atomic E-state index is 0.377. The predicted octanol–water partition coefficient (Wildman–Crippen LogP) is 0.445. The van der Waals surface area contributed by atoms with Crippen molar-refractivity contribution < 1.29 is 14.3 Å². The summed E-state index contributed by atoms with van der Waals surface area (Å²) in [6.45, 7) is 4.31. The Morgan fingerprint density at radius 1 is 1.40 bits per heavy atom. The molecule has 2 aliphatic heterocycles. The minimum atomic E-state index is -0.480. The highest BCUT2D eigenvalue weighted by Crippen LogP contribution is 2.22. The Kier molecular flexibility index (Phi) is 4.00. The Labute approximate surface area is 118 Å². The van der Waals surface area contributed by atoms with Crippen LogP contribution in [0.2, 0.25) is 0 Å². The van der Waals surface area contributed by atoms with Crippen LogP contribution in [0.4, 0.5) is 0 Å². The SMILES string of the molecule is NC(=O)C1CN(Cc2cccc3c2CCOC3)CCO1. The Morgan fingerprint density at radius 3 is 3.15 bits per heavy atom. The fraction of sp³-hybridized carbons (Fsp3) is 0.533. The number of ether oxygens (including phenoxy) is 2. The molecule has 1 amide bonds. The molecule has 1 aromatic rings. The van der Waals surface area contributed by atoms with Gasteiger partial charge in [0, 0.05) is 19.6 Å². The van der Waals surface area contributed by atoms with E-state index in [1.807, 2.05) is 0 Å². The van der Waals surface area contributed by atoms with Gasteiger partial charge in [0.25, 0.3) is 0 Å². The van der Waals surface area contributed by atoms with Crippen molar-refractivity contribution in [3.8, 4) is 0 Å². The Morgan fingerprint density at radius 2 is 2.30 bits per heavy atom. The molecule has 5 nitrogen and oxygen atoms in total. The molecular weight excluding hydrogens is 256 g/mol. The summed E-state index contributed by atoms with van der Waals surface area (Å²) in [5, 5.41) is 0. The van der Waals surface area contributed by atoms with E-state index in [0.717, 1.165) is 26.1 Å². The van der Waals surface area contributed by atoms with Crippen molar-refractivity contribution in [1.29, 1.82) is 0 Å². The van der Waals surface area contributed by atoms with Gasteiger partial charge in [-0.05, 0) is 23.1 Å². The van der Waals surface area contributed by atoms with Crippen LogP contribution in [0.25, 0.3) is 0 Å². The van der Waals surface area contributed by atoms with Crippen LogP contribution in [-0.2, 0) is 33.8 Å². The van der Waals surface area contributed by atoms with E-state index >= 15 is 0 Å². The van der Waals surface area contributed by atoms with Crippen LogP contribution < -0.4 is 5.73 Å². The second-order valence-corrected chi connectivity index (χ2v) is 5.35. The van der Waals surface area contributed by atoms with Crippen LogP contribution >= 0.6 is 0 Å². The number of fused-ring (bicyclic) bond motifs is 1. The quantitative estimate of drug-likeness (QED) is 0.870. The smallest absolute Gasteiger partial charge is 0.247 e. The Balaban J connectivity index is 1.73. The average molecular weight is 276 g/mol. The lowest BCUT2D eigenvalue weighted by molar-refractivity contribution is -0.135. The first kappa shape index (κ1) is 13.5. The van der Waals surface area contributed by atoms with E-state index in [1.165, 1.54) is 16.7 Å². The minimum Gasteiger partial charge on any atom is -0.376 e. The lowest BCUT2D eigenvalue weighted by atomic mass is 9.96. The summed E-state index contributed by atoms with van der Waals surface area (Å²) in [7, 11) is 0. The van der Waals surface area contributed by atoms with Crippen LogP contribution in [0.3, 0.4) is 0 Å². The molecule has 1 unspecified atom stereocenters. The molecule has 2 heterocycles. The average Bonchev–Trinajstić information content (AvgIpc) is 2.48. The van der Waals surface area contributed by atoms with Crippen LogP contribution in [0, 0.1) is 0 Å². The van der Waals surface area contributed by atoms with Gasteiger partial charge < -0.3 is 15.2 Å². The fourth-order valence-electron chi connectivity index (χ4n) is 2.91. The third kappa shape index (κ3) is 2.85. The first-order chi connectivity index (χ1) is 9.74. The molecule has 1 saturated heterocycles. The van der Waals surface area contributed by atoms with Gasteiger partial charge in [0.05, 0.1) is 19.8 Å². The van der Waals surface area contributed by atoms with Crippen LogP contribution in [0.15, 0.2) is 18.2 Å². The Hall–Kier alpha value is -1.43. The number of rotatable bonds is 3. The molecule has 1 aromatic carbocycles. The van der Waals surface area contributed by atoms with Gasteiger partial charge >= 0.3 is 0 Å². The molecule has 2 aliphatic rings. The van der Waals surface area contributed by atoms with E-state index in [4.69, 9.17) is 15.2 Å². The summed E-state index contributed by atoms with van der Waals surface area (Å²) in [5.74, 6) is -0.377. The summed E-state index contributed by atoms with van der Waals surface area (Å²) in [5.41, 5.74) is 9.35. The van der Waals surface area contributed by atoms with Crippen LogP contribution in [-0.4, -0.2) is 43.2 Å². The second-order valence-electron chi connectivity index (χ2n) is 5.35. The first-order valence-corrected chi connectivity index (χ1v) is 7.04. The van der Waals surface area contributed by atoms with Gasteiger partial charge in [-0.3, -0.25) is 9.69 Å². The largest absolute Gasteiger partial charge is 0.376 e. The number of hydrogen-bond donors (Lipinski definition) is 1. The van der Waals surface area contributed by atoms with Gasteiger partial charge in [0.1, 0.15) is 6.10 Å². The Bertz CT molecular complexity index is 504. The summed E-state index contributed by atoms with van der Waals surface area (Å²) in [6, 6.07) is 6.37. The predicted molar refractivity (Wildman–Crippen MR) is 74.0 cm³/mol. The van der Waals surface area contributed by atoms with Crippen molar-refractivity contribution in [2.24, 2.45) is 5.73 Å². The molecule has 20 heavy (non-hydrogen) atoms. The number of hydrogen-bond acceptors (Lipinski definition) is 4. The van der Waals surface area contributed by atoms with Crippen molar-refractivity contribution in [1.82, 2.24) is 4.90 Å². The molecule has 0 aromatic heterocycles. The number of carbonyl (C=O) groups is 1. The number of nitrogens with zero attached hydrogens (tertiary/aromatic N) is 1. The zero-order valence-corrected chi connectivity index (χ0v) is 11.5. The first-order valence-electron chi connectivity index (χ1n) is 7.04. The molecule has 108 valence electrons. The lowest BCUT2D eigenvalue weighted by Gasteiger charge is -2.32. The van der Waals surface area contributed by atoms with E-state index < -0.39 is 6.10 Å².